The Morgan fingerprint density at radius 1 is 0.872 bits per heavy atom. The molecule has 0 saturated heterocycles. The van der Waals surface area contributed by atoms with Crippen molar-refractivity contribution in [3.05, 3.63) is 107 Å². The summed E-state index contributed by atoms with van der Waals surface area (Å²) in [6, 6.07) is 28.2. The molecule has 2 unspecified atom stereocenters. The van der Waals surface area contributed by atoms with E-state index in [1.807, 2.05) is 25.1 Å². The van der Waals surface area contributed by atoms with Gasteiger partial charge in [0.05, 0.1) is 0 Å². The van der Waals surface area contributed by atoms with E-state index in [9.17, 15) is 0 Å². The van der Waals surface area contributed by atoms with Gasteiger partial charge in [0.25, 0.3) is 0 Å². The van der Waals surface area contributed by atoms with Crippen molar-refractivity contribution in [3.63, 3.8) is 0 Å². The molecule has 210 valence electrons. The van der Waals surface area contributed by atoms with Crippen LogP contribution in [-0.4, -0.2) is 43.0 Å². The Bertz CT molecular complexity index is 1140. The van der Waals surface area contributed by atoms with Gasteiger partial charge in [-0.2, -0.15) is 0 Å². The van der Waals surface area contributed by atoms with Gasteiger partial charge in [-0.15, -0.1) is 0 Å². The van der Waals surface area contributed by atoms with Crippen LogP contribution in [0.4, 0.5) is 0 Å². The minimum atomic E-state index is -0.214. The summed E-state index contributed by atoms with van der Waals surface area (Å²) >= 11 is 0. The summed E-state index contributed by atoms with van der Waals surface area (Å²) in [6.45, 7) is 2.02. The van der Waals surface area contributed by atoms with Crippen molar-refractivity contribution < 1.29 is 0 Å². The van der Waals surface area contributed by atoms with E-state index in [1.165, 1.54) is 32.7 Å². The summed E-state index contributed by atoms with van der Waals surface area (Å²) in [5.41, 5.74) is 29.2. The molecule has 39 heavy (non-hydrogen) atoms. The molecular formula is C31H46N8. The van der Waals surface area contributed by atoms with Crippen molar-refractivity contribution in [3.8, 4) is 0 Å². The van der Waals surface area contributed by atoms with Crippen LogP contribution in [0.5, 0.6) is 0 Å². The van der Waals surface area contributed by atoms with Gasteiger partial charge in [0.15, 0.2) is 11.9 Å². The predicted molar refractivity (Wildman–Crippen MR) is 164 cm³/mol. The van der Waals surface area contributed by atoms with E-state index < -0.39 is 0 Å². The summed E-state index contributed by atoms with van der Waals surface area (Å²) < 4.78 is 0. The zero-order valence-corrected chi connectivity index (χ0v) is 23.5. The number of nitrogens with two attached hydrogens (primary N) is 4. The number of guanidine groups is 2. The molecule has 0 saturated carbocycles. The second-order valence-electron chi connectivity index (χ2n) is 10.2. The third-order valence-electron chi connectivity index (χ3n) is 6.36. The fraction of sp³-hybridized carbons (Fsp3) is 0.355. The lowest BCUT2D eigenvalue weighted by Gasteiger charge is -2.13. The van der Waals surface area contributed by atoms with Gasteiger partial charge in [-0.1, -0.05) is 78.9 Å². The first-order chi connectivity index (χ1) is 18.6. The Kier molecular flexibility index (Phi) is 13.2. The zero-order chi connectivity index (χ0) is 28.8. The van der Waals surface area contributed by atoms with Crippen molar-refractivity contribution in [2.45, 2.75) is 57.2 Å². The van der Waals surface area contributed by atoms with Gasteiger partial charge in [0.1, 0.15) is 0 Å². The largest absolute Gasteiger partial charge is 0.370 e. The van der Waals surface area contributed by atoms with E-state index in [0.717, 1.165) is 32.1 Å². The van der Waals surface area contributed by atoms with Crippen LogP contribution in [0.15, 0.2) is 78.9 Å². The van der Waals surface area contributed by atoms with Gasteiger partial charge in [-0.3, -0.25) is 16.1 Å². The highest BCUT2D eigenvalue weighted by molar-refractivity contribution is 5.94. The van der Waals surface area contributed by atoms with Crippen molar-refractivity contribution in [1.82, 2.24) is 10.2 Å². The van der Waals surface area contributed by atoms with Gasteiger partial charge in [-0.05, 0) is 66.8 Å². The van der Waals surface area contributed by atoms with Gasteiger partial charge < -0.3 is 27.8 Å². The van der Waals surface area contributed by atoms with Crippen molar-refractivity contribution in [2.24, 2.45) is 22.9 Å². The summed E-state index contributed by atoms with van der Waals surface area (Å²) in [5, 5.41) is 16.1. The fourth-order valence-electron chi connectivity index (χ4n) is 4.41. The average molecular weight is 531 g/mol. The molecule has 8 heteroatoms. The zero-order valence-electron chi connectivity index (χ0n) is 23.5. The molecule has 2 atom stereocenters. The molecule has 0 fully saturated rings. The van der Waals surface area contributed by atoms with Crippen molar-refractivity contribution in [2.75, 3.05) is 14.1 Å². The Labute approximate surface area is 233 Å². The van der Waals surface area contributed by atoms with Crippen molar-refractivity contribution >= 4 is 11.9 Å². The van der Waals surface area contributed by atoms with Crippen LogP contribution >= 0.6 is 0 Å². The molecular weight excluding hydrogens is 484 g/mol. The van der Waals surface area contributed by atoms with Crippen LogP contribution in [0.2, 0.25) is 0 Å². The Morgan fingerprint density at radius 2 is 1.38 bits per heavy atom. The lowest BCUT2D eigenvalue weighted by atomic mass is 10.1. The monoisotopic (exact) mass is 530 g/mol. The van der Waals surface area contributed by atoms with Crippen LogP contribution in [0.3, 0.4) is 0 Å². The molecule has 0 heterocycles. The number of benzene rings is 3. The molecule has 0 bridgehead atoms. The topological polar surface area (TPSA) is 167 Å². The van der Waals surface area contributed by atoms with Gasteiger partial charge in [0.2, 0.25) is 0 Å². The van der Waals surface area contributed by atoms with Crippen LogP contribution in [0.25, 0.3) is 0 Å². The van der Waals surface area contributed by atoms with Gasteiger partial charge in [-0.25, -0.2) is 0 Å². The third-order valence-corrected chi connectivity index (χ3v) is 6.36. The second kappa shape index (κ2) is 16.3. The first kappa shape index (κ1) is 31.5. The maximum Gasteiger partial charge on any atom is 0.197 e. The van der Waals surface area contributed by atoms with Crippen LogP contribution < -0.4 is 28.3 Å². The number of nitrogens with one attached hydrogen (secondary N) is 3. The summed E-state index contributed by atoms with van der Waals surface area (Å²) in [4.78, 5) is 1.52. The molecule has 2 aliphatic rings. The smallest absolute Gasteiger partial charge is 0.197 e. The van der Waals surface area contributed by atoms with E-state index in [-0.39, 0.29) is 18.0 Å². The standard InChI is InChI=1S/2C9H11N.C9H13N.C4H11N5/c10-9-5-7-3-1-2-4-8(7)6-9;10-9-6-5-7-3-1-2-4-8(7)9;1-8(10)7-9-5-3-2-4-6-9;1-9(2)4(7)8-3(5)6/h2*1-4,9H,5-6,10H2;2-6,8H,7,10H2,1H3;1-2H3,(H5,5,6,7,8). The predicted octanol–water partition coefficient (Wildman–Crippen LogP) is 3.29. The number of nitrogens with zero attached hydrogens (tertiary/aromatic N) is 1. The van der Waals surface area contributed by atoms with Crippen LogP contribution in [0, 0.1) is 10.8 Å². The Balaban J connectivity index is 0.000000183. The molecule has 5 rings (SSSR count). The van der Waals surface area contributed by atoms with Gasteiger partial charge >= 0.3 is 0 Å². The third kappa shape index (κ3) is 11.7. The average Bonchev–Trinajstić information content (AvgIpc) is 3.46. The molecule has 11 N–H and O–H groups in total. The summed E-state index contributed by atoms with van der Waals surface area (Å²) in [7, 11) is 3.39. The molecule has 0 spiro atoms. The lowest BCUT2D eigenvalue weighted by Crippen LogP contribution is -2.42. The second-order valence-corrected chi connectivity index (χ2v) is 10.2. The quantitative estimate of drug-likeness (QED) is 0.198. The highest BCUT2D eigenvalue weighted by atomic mass is 15.3. The maximum atomic E-state index is 7.07. The highest BCUT2D eigenvalue weighted by Crippen LogP contribution is 2.28. The van der Waals surface area contributed by atoms with Gasteiger partial charge in [0, 0.05) is 32.2 Å². The van der Waals surface area contributed by atoms with E-state index in [4.69, 9.17) is 33.8 Å². The van der Waals surface area contributed by atoms with E-state index in [0.29, 0.717) is 12.1 Å². The molecule has 0 aliphatic heterocycles. The molecule has 8 nitrogen and oxygen atoms in total. The first-order valence-corrected chi connectivity index (χ1v) is 13.4. The van der Waals surface area contributed by atoms with E-state index in [2.05, 4.69) is 66.0 Å². The van der Waals surface area contributed by atoms with E-state index in [1.54, 1.807) is 14.1 Å². The normalized spacial score (nSPS) is 15.5. The highest BCUT2D eigenvalue weighted by Gasteiger charge is 2.17. The van der Waals surface area contributed by atoms with Crippen LogP contribution in [0.1, 0.15) is 47.2 Å². The minimum Gasteiger partial charge on any atom is -0.370 e. The van der Waals surface area contributed by atoms with Crippen LogP contribution in [-0.2, 0) is 25.7 Å². The maximum absolute atomic E-state index is 7.07. The fourth-order valence-corrected chi connectivity index (χ4v) is 4.41. The Hall–Kier alpha value is -3.72. The molecule has 2 aliphatic carbocycles. The van der Waals surface area contributed by atoms with E-state index >= 15 is 0 Å². The lowest BCUT2D eigenvalue weighted by molar-refractivity contribution is 0.599. The van der Waals surface area contributed by atoms with Crippen molar-refractivity contribution in [1.29, 1.82) is 10.8 Å². The summed E-state index contributed by atoms with van der Waals surface area (Å²) in [5.74, 6) is -0.101. The molecule has 0 amide bonds. The Morgan fingerprint density at radius 3 is 1.85 bits per heavy atom. The molecule has 0 radical (unpaired) electrons. The first-order valence-electron chi connectivity index (χ1n) is 13.4. The number of rotatable bonds is 2. The number of hydrogen-bond acceptors (Lipinski definition) is 5. The number of fused-ring (bicyclic) bond motifs is 2. The minimum absolute atomic E-state index is 0.113. The number of aryl methyl sites for hydroxylation is 1. The summed E-state index contributed by atoms with van der Waals surface area (Å²) in [6.07, 6.45) is 5.39. The number of hydrogen-bond donors (Lipinski definition) is 7. The molecule has 3 aromatic carbocycles. The molecule has 3 aromatic rings. The molecule has 0 aromatic heterocycles. The SMILES string of the molecule is CC(N)Cc1ccccc1.CN(C)C(=N)NC(=N)N.NC1CCc2ccccc21.NC1Cc2ccccc2C1.